The molecular weight excluding hydrogens is 456 g/mol. The van der Waals surface area contributed by atoms with Crippen LogP contribution in [0.2, 0.25) is 0 Å². The molecule has 0 aromatic heterocycles. The molecule has 204 valence electrons. The molecule has 0 radical (unpaired) electrons. The lowest BCUT2D eigenvalue weighted by atomic mass is 9.47. The fourth-order valence-corrected chi connectivity index (χ4v) is 11.6. The summed E-state index contributed by atoms with van der Waals surface area (Å²) in [6, 6.07) is 0. The summed E-state index contributed by atoms with van der Waals surface area (Å²) in [5.74, 6) is 5.82. The second-order valence-corrected chi connectivity index (χ2v) is 16.2. The van der Waals surface area contributed by atoms with Gasteiger partial charge in [0.25, 0.3) is 0 Å². The van der Waals surface area contributed by atoms with Crippen molar-refractivity contribution < 1.29 is 4.79 Å². The van der Waals surface area contributed by atoms with Crippen molar-refractivity contribution in [3.05, 3.63) is 11.6 Å². The van der Waals surface area contributed by atoms with E-state index in [1.165, 1.54) is 89.9 Å². The third-order valence-electron chi connectivity index (χ3n) is 12.5. The number of hydrogen-bond donors (Lipinski definition) is 0. The van der Waals surface area contributed by atoms with Crippen LogP contribution >= 0.6 is 11.8 Å². The average Bonchev–Trinajstić information content (AvgIpc) is 3.22. The van der Waals surface area contributed by atoms with E-state index in [4.69, 9.17) is 0 Å². The van der Waals surface area contributed by atoms with Crippen LogP contribution in [0.15, 0.2) is 11.6 Å². The monoisotopic (exact) mass is 512 g/mol. The molecule has 0 aromatic rings. The maximum absolute atomic E-state index is 13.0. The lowest BCUT2D eigenvalue weighted by molar-refractivity contribution is -0.115. The Hall–Kier alpha value is -0.240. The van der Waals surface area contributed by atoms with Crippen molar-refractivity contribution >= 4 is 16.9 Å². The summed E-state index contributed by atoms with van der Waals surface area (Å²) in [5.41, 5.74) is 2.75. The van der Waals surface area contributed by atoms with Crippen molar-refractivity contribution in [1.82, 2.24) is 0 Å². The predicted molar refractivity (Wildman–Crippen MR) is 156 cm³/mol. The molecule has 0 aromatic carbocycles. The van der Waals surface area contributed by atoms with Crippen LogP contribution in [0.4, 0.5) is 0 Å². The Kier molecular flexibility index (Phi) is 8.42. The lowest BCUT2D eigenvalue weighted by Crippen LogP contribution is -2.50. The Balaban J connectivity index is 1.23. The molecule has 36 heavy (non-hydrogen) atoms. The summed E-state index contributed by atoms with van der Waals surface area (Å²) in [6.07, 6.45) is 24.2. The van der Waals surface area contributed by atoms with Crippen molar-refractivity contribution in [2.45, 2.75) is 143 Å². The minimum absolute atomic E-state index is 0.362. The van der Waals surface area contributed by atoms with Gasteiger partial charge in [-0.1, -0.05) is 96.6 Å². The van der Waals surface area contributed by atoms with E-state index in [1.54, 1.807) is 17.3 Å². The summed E-state index contributed by atoms with van der Waals surface area (Å²) in [6.45, 7) is 12.7. The van der Waals surface area contributed by atoms with Crippen LogP contribution in [0, 0.1) is 52.3 Å². The van der Waals surface area contributed by atoms with Crippen molar-refractivity contribution in [3.8, 4) is 0 Å². The summed E-state index contributed by atoms with van der Waals surface area (Å²) in [5, 5.41) is 1.08. The molecule has 5 aliphatic rings. The molecule has 4 saturated carbocycles. The second-order valence-electron chi connectivity index (χ2n) is 14.9. The van der Waals surface area contributed by atoms with Gasteiger partial charge in [-0.05, 0) is 111 Å². The summed E-state index contributed by atoms with van der Waals surface area (Å²) in [7, 11) is 0. The van der Waals surface area contributed by atoms with E-state index >= 15 is 0 Å². The average molecular weight is 513 g/mol. The molecular formula is C34H56OS. The highest BCUT2D eigenvalue weighted by Gasteiger charge is 2.59. The standard InChI is InChI=1S/C34H56OS/c1-23(2)10-9-11-24(3)29-16-17-30-28-15-14-26-22-27(36-32(35)25-12-7-6-8-13-25)18-20-33(26,4)31(28)19-21-34(29,30)5/h14,23-25,27-31H,6-13,15-22H2,1-5H3/t24-,27-,28+,29-,30+,31+,33-,34+/m0/s1. The summed E-state index contributed by atoms with van der Waals surface area (Å²) >= 11 is 1.76. The zero-order chi connectivity index (χ0) is 25.5. The third-order valence-corrected chi connectivity index (χ3v) is 13.8. The van der Waals surface area contributed by atoms with Crippen molar-refractivity contribution in [2.24, 2.45) is 52.3 Å². The molecule has 1 nitrogen and oxygen atoms in total. The Labute approximate surface area is 227 Å². The van der Waals surface area contributed by atoms with Crippen LogP contribution in [0.25, 0.3) is 0 Å². The zero-order valence-corrected chi connectivity index (χ0v) is 25.1. The molecule has 5 rings (SSSR count). The van der Waals surface area contributed by atoms with Crippen LogP contribution in [0.5, 0.6) is 0 Å². The van der Waals surface area contributed by atoms with Crippen LogP contribution in [-0.4, -0.2) is 10.4 Å². The molecule has 0 N–H and O–H groups in total. The SMILES string of the molecule is CC(C)CCC[C@H](C)[C@@H]1CC[C@@H]2[C@H]3CC=C4C[C@@H](SC(=O)C5CCCCC5)CC[C@]4(C)[C@@H]3CC[C@@]21C. The number of thioether (sulfide) groups is 1. The van der Waals surface area contributed by atoms with Gasteiger partial charge in [-0.2, -0.15) is 0 Å². The highest BCUT2D eigenvalue weighted by atomic mass is 32.2. The van der Waals surface area contributed by atoms with E-state index in [0.717, 1.165) is 48.3 Å². The van der Waals surface area contributed by atoms with Gasteiger partial charge in [-0.25, -0.2) is 0 Å². The first kappa shape index (κ1) is 27.3. The Morgan fingerprint density at radius 1 is 0.944 bits per heavy atom. The lowest BCUT2D eigenvalue weighted by Gasteiger charge is -2.58. The fraction of sp³-hybridized carbons (Fsp3) is 0.912. The Bertz CT molecular complexity index is 808. The summed E-state index contributed by atoms with van der Waals surface area (Å²) in [4.78, 5) is 13.0. The number of allylic oxidation sites excluding steroid dienone is 2. The van der Waals surface area contributed by atoms with Crippen molar-refractivity contribution in [3.63, 3.8) is 0 Å². The van der Waals surface area contributed by atoms with Crippen LogP contribution in [0.1, 0.15) is 137 Å². The number of fused-ring (bicyclic) bond motifs is 5. The maximum Gasteiger partial charge on any atom is 0.192 e. The van der Waals surface area contributed by atoms with Crippen LogP contribution in [0.3, 0.4) is 0 Å². The molecule has 0 amide bonds. The van der Waals surface area contributed by atoms with Gasteiger partial charge in [-0.15, -0.1) is 0 Å². The molecule has 0 heterocycles. The highest BCUT2D eigenvalue weighted by Crippen LogP contribution is 2.67. The molecule has 0 saturated heterocycles. The highest BCUT2D eigenvalue weighted by molar-refractivity contribution is 8.14. The molecule has 0 unspecified atom stereocenters. The van der Waals surface area contributed by atoms with Gasteiger partial charge in [0.1, 0.15) is 0 Å². The number of hydrogen-bond acceptors (Lipinski definition) is 2. The first-order valence-electron chi connectivity index (χ1n) is 16.1. The van der Waals surface area contributed by atoms with Crippen molar-refractivity contribution in [2.75, 3.05) is 0 Å². The minimum Gasteiger partial charge on any atom is -0.287 e. The Morgan fingerprint density at radius 3 is 2.47 bits per heavy atom. The fourth-order valence-electron chi connectivity index (χ4n) is 10.4. The Morgan fingerprint density at radius 2 is 1.72 bits per heavy atom. The van der Waals surface area contributed by atoms with Gasteiger partial charge in [0, 0.05) is 11.2 Å². The van der Waals surface area contributed by atoms with Gasteiger partial charge in [-0.3, -0.25) is 4.79 Å². The van der Waals surface area contributed by atoms with E-state index in [2.05, 4.69) is 40.7 Å². The predicted octanol–water partition coefficient (Wildman–Crippen LogP) is 10.2. The number of carbonyl (C=O) groups is 1. The first-order valence-corrected chi connectivity index (χ1v) is 17.0. The molecule has 0 aliphatic heterocycles. The second kappa shape index (κ2) is 11.1. The van der Waals surface area contributed by atoms with E-state index < -0.39 is 0 Å². The smallest absolute Gasteiger partial charge is 0.192 e. The quantitative estimate of drug-likeness (QED) is 0.316. The topological polar surface area (TPSA) is 17.1 Å². The van der Waals surface area contributed by atoms with E-state index in [-0.39, 0.29) is 0 Å². The van der Waals surface area contributed by atoms with E-state index in [0.29, 0.717) is 27.1 Å². The van der Waals surface area contributed by atoms with Gasteiger partial charge in [0.2, 0.25) is 0 Å². The zero-order valence-electron chi connectivity index (χ0n) is 24.3. The molecule has 4 fully saturated rings. The molecule has 0 spiro atoms. The number of rotatable bonds is 7. The van der Waals surface area contributed by atoms with Crippen LogP contribution < -0.4 is 0 Å². The first-order chi connectivity index (χ1) is 17.2. The minimum atomic E-state index is 0.362. The maximum atomic E-state index is 13.0. The van der Waals surface area contributed by atoms with Crippen LogP contribution in [-0.2, 0) is 4.79 Å². The largest absolute Gasteiger partial charge is 0.287 e. The van der Waals surface area contributed by atoms with E-state index in [1.807, 2.05) is 0 Å². The molecule has 8 atom stereocenters. The van der Waals surface area contributed by atoms with E-state index in [9.17, 15) is 4.79 Å². The number of carbonyl (C=O) groups excluding carboxylic acids is 1. The van der Waals surface area contributed by atoms with Gasteiger partial charge < -0.3 is 0 Å². The molecule has 2 heteroatoms. The van der Waals surface area contributed by atoms with Gasteiger partial charge in [0.15, 0.2) is 5.12 Å². The summed E-state index contributed by atoms with van der Waals surface area (Å²) < 4.78 is 0. The molecule has 0 bridgehead atoms. The normalized spacial score (nSPS) is 41.8. The van der Waals surface area contributed by atoms with Gasteiger partial charge in [0.05, 0.1) is 0 Å². The van der Waals surface area contributed by atoms with Crippen molar-refractivity contribution in [1.29, 1.82) is 0 Å². The third kappa shape index (κ3) is 5.16. The molecule has 5 aliphatic carbocycles. The van der Waals surface area contributed by atoms with Gasteiger partial charge >= 0.3 is 0 Å².